The lowest BCUT2D eigenvalue weighted by atomic mass is 9.87. The molecule has 0 spiro atoms. The molecule has 0 saturated heterocycles. The van der Waals surface area contributed by atoms with Crippen LogP contribution in [0.5, 0.6) is 5.75 Å². The minimum absolute atomic E-state index is 0.103. The fraction of sp³-hybridized carbons (Fsp3) is 0.296. The Kier molecular flexibility index (Phi) is 5.63. The first-order valence-electron chi connectivity index (χ1n) is 10.7. The number of hydrogen-bond donors (Lipinski definition) is 0. The molecule has 1 aromatic heterocycles. The highest BCUT2D eigenvalue weighted by atomic mass is 16.5. The zero-order valence-electron chi connectivity index (χ0n) is 18.3. The second kappa shape index (κ2) is 8.35. The number of benzene rings is 3. The van der Waals surface area contributed by atoms with E-state index in [2.05, 4.69) is 74.7 Å². The van der Waals surface area contributed by atoms with E-state index in [1.807, 2.05) is 36.4 Å². The molecule has 0 bridgehead atoms. The molecule has 4 rings (SSSR count). The lowest BCUT2D eigenvalue weighted by Crippen LogP contribution is -2.15. The standard InChI is InChI=1S/C27H30N2O/c1-5-25(30-22-11-7-6-8-12-22)26-28-23-13-9-10-14-24(23)29(26)19-20-15-17-21(18-16-20)27(2,3)4/h6-18,25H,5,19H2,1-4H3. The number of fused-ring (bicyclic) bond motifs is 1. The summed E-state index contributed by atoms with van der Waals surface area (Å²) in [6.45, 7) is 9.66. The Morgan fingerprint density at radius 3 is 2.20 bits per heavy atom. The molecule has 0 amide bonds. The van der Waals surface area contributed by atoms with Crippen LogP contribution >= 0.6 is 0 Å². The number of ether oxygens (including phenoxy) is 1. The Morgan fingerprint density at radius 2 is 1.53 bits per heavy atom. The van der Waals surface area contributed by atoms with Crippen molar-refractivity contribution in [2.45, 2.75) is 52.2 Å². The van der Waals surface area contributed by atoms with E-state index in [0.29, 0.717) is 0 Å². The summed E-state index contributed by atoms with van der Waals surface area (Å²) in [5, 5.41) is 0. The van der Waals surface area contributed by atoms with Crippen molar-refractivity contribution in [2.24, 2.45) is 0 Å². The molecule has 1 heterocycles. The third-order valence-electron chi connectivity index (χ3n) is 5.53. The Labute approximate surface area is 179 Å². The molecule has 30 heavy (non-hydrogen) atoms. The quantitative estimate of drug-likeness (QED) is 0.353. The predicted octanol–water partition coefficient (Wildman–Crippen LogP) is 6.91. The van der Waals surface area contributed by atoms with E-state index in [4.69, 9.17) is 9.72 Å². The summed E-state index contributed by atoms with van der Waals surface area (Å²) >= 11 is 0. The van der Waals surface area contributed by atoms with Gasteiger partial charge in [-0.25, -0.2) is 4.98 Å². The van der Waals surface area contributed by atoms with Crippen molar-refractivity contribution in [3.63, 3.8) is 0 Å². The zero-order valence-corrected chi connectivity index (χ0v) is 18.3. The maximum atomic E-state index is 6.34. The third kappa shape index (κ3) is 4.25. The Balaban J connectivity index is 1.71. The van der Waals surface area contributed by atoms with E-state index in [1.54, 1.807) is 0 Å². The van der Waals surface area contributed by atoms with Crippen molar-refractivity contribution >= 4 is 11.0 Å². The van der Waals surface area contributed by atoms with Crippen molar-refractivity contribution in [1.29, 1.82) is 0 Å². The Morgan fingerprint density at radius 1 is 0.867 bits per heavy atom. The van der Waals surface area contributed by atoms with Crippen molar-refractivity contribution in [3.8, 4) is 5.75 Å². The van der Waals surface area contributed by atoms with E-state index in [0.717, 1.165) is 35.6 Å². The number of rotatable bonds is 6. The molecule has 0 aliphatic heterocycles. The molecule has 0 fully saturated rings. The molecule has 0 saturated carbocycles. The van der Waals surface area contributed by atoms with Crippen LogP contribution in [-0.4, -0.2) is 9.55 Å². The molecule has 154 valence electrons. The van der Waals surface area contributed by atoms with Crippen molar-refractivity contribution in [2.75, 3.05) is 0 Å². The van der Waals surface area contributed by atoms with Gasteiger partial charge in [0.2, 0.25) is 0 Å². The molecule has 1 unspecified atom stereocenters. The largest absolute Gasteiger partial charge is 0.483 e. The number of hydrogen-bond acceptors (Lipinski definition) is 2. The van der Waals surface area contributed by atoms with Crippen LogP contribution in [0.25, 0.3) is 11.0 Å². The molecule has 3 nitrogen and oxygen atoms in total. The van der Waals surface area contributed by atoms with E-state index < -0.39 is 0 Å². The SMILES string of the molecule is CCC(Oc1ccccc1)c1nc2ccccc2n1Cc1ccc(C(C)(C)C)cc1. The van der Waals surface area contributed by atoms with E-state index in [-0.39, 0.29) is 11.5 Å². The highest BCUT2D eigenvalue weighted by Gasteiger charge is 2.21. The van der Waals surface area contributed by atoms with Crippen LogP contribution in [0, 0.1) is 0 Å². The highest BCUT2D eigenvalue weighted by Crippen LogP contribution is 2.29. The second-order valence-electron chi connectivity index (χ2n) is 8.82. The van der Waals surface area contributed by atoms with E-state index >= 15 is 0 Å². The topological polar surface area (TPSA) is 27.1 Å². The van der Waals surface area contributed by atoms with Gasteiger partial charge in [-0.2, -0.15) is 0 Å². The van der Waals surface area contributed by atoms with Crippen molar-refractivity contribution < 1.29 is 4.74 Å². The molecule has 4 aromatic rings. The van der Waals surface area contributed by atoms with Gasteiger partial charge >= 0.3 is 0 Å². The molecular weight excluding hydrogens is 368 g/mol. The molecule has 0 radical (unpaired) electrons. The fourth-order valence-electron chi connectivity index (χ4n) is 3.78. The fourth-order valence-corrected chi connectivity index (χ4v) is 3.78. The van der Waals surface area contributed by atoms with Crippen LogP contribution in [0.2, 0.25) is 0 Å². The molecule has 3 heteroatoms. The lowest BCUT2D eigenvalue weighted by molar-refractivity contribution is 0.187. The number of imidazole rings is 1. The van der Waals surface area contributed by atoms with Gasteiger partial charge in [-0.3, -0.25) is 0 Å². The highest BCUT2D eigenvalue weighted by molar-refractivity contribution is 5.76. The minimum atomic E-state index is -0.103. The second-order valence-corrected chi connectivity index (χ2v) is 8.82. The molecular formula is C27H30N2O. The average Bonchev–Trinajstić information content (AvgIpc) is 3.11. The summed E-state index contributed by atoms with van der Waals surface area (Å²) in [4.78, 5) is 4.97. The molecule has 1 atom stereocenters. The van der Waals surface area contributed by atoms with Crippen LogP contribution in [0.15, 0.2) is 78.9 Å². The first-order chi connectivity index (χ1) is 14.5. The lowest BCUT2D eigenvalue weighted by Gasteiger charge is -2.21. The van der Waals surface area contributed by atoms with Gasteiger partial charge in [0.25, 0.3) is 0 Å². The van der Waals surface area contributed by atoms with E-state index in [9.17, 15) is 0 Å². The zero-order chi connectivity index (χ0) is 21.1. The molecule has 0 N–H and O–H groups in total. The summed E-state index contributed by atoms with van der Waals surface area (Å²) in [5.41, 5.74) is 4.92. The predicted molar refractivity (Wildman–Crippen MR) is 124 cm³/mol. The number of para-hydroxylation sites is 3. The summed E-state index contributed by atoms with van der Waals surface area (Å²) in [6.07, 6.45) is 0.745. The monoisotopic (exact) mass is 398 g/mol. The molecule has 0 aliphatic rings. The smallest absolute Gasteiger partial charge is 0.156 e. The van der Waals surface area contributed by atoms with Crippen LogP contribution in [0.4, 0.5) is 0 Å². The van der Waals surface area contributed by atoms with Gasteiger partial charge in [0.15, 0.2) is 11.9 Å². The van der Waals surface area contributed by atoms with Crippen LogP contribution < -0.4 is 4.74 Å². The normalized spacial score (nSPS) is 12.8. The number of nitrogens with zero attached hydrogens (tertiary/aromatic N) is 2. The van der Waals surface area contributed by atoms with Gasteiger partial charge in [-0.15, -0.1) is 0 Å². The van der Waals surface area contributed by atoms with Crippen LogP contribution in [-0.2, 0) is 12.0 Å². The van der Waals surface area contributed by atoms with Gasteiger partial charge < -0.3 is 9.30 Å². The van der Waals surface area contributed by atoms with Crippen LogP contribution in [0.1, 0.15) is 57.2 Å². The molecule has 0 aliphatic carbocycles. The van der Waals surface area contributed by atoms with Gasteiger partial charge in [-0.05, 0) is 47.2 Å². The van der Waals surface area contributed by atoms with Crippen molar-refractivity contribution in [3.05, 3.63) is 95.8 Å². The summed E-state index contributed by atoms with van der Waals surface area (Å²) < 4.78 is 8.64. The summed E-state index contributed by atoms with van der Waals surface area (Å²) in [5.74, 6) is 1.85. The maximum absolute atomic E-state index is 6.34. The maximum Gasteiger partial charge on any atom is 0.156 e. The average molecular weight is 399 g/mol. The first kappa shape index (κ1) is 20.2. The summed E-state index contributed by atoms with van der Waals surface area (Å²) in [6, 6.07) is 27.3. The summed E-state index contributed by atoms with van der Waals surface area (Å²) in [7, 11) is 0. The van der Waals surface area contributed by atoms with Gasteiger partial charge in [-0.1, -0.05) is 82.3 Å². The Hall–Kier alpha value is -3.07. The minimum Gasteiger partial charge on any atom is -0.483 e. The number of aromatic nitrogens is 2. The van der Waals surface area contributed by atoms with Gasteiger partial charge in [0, 0.05) is 6.54 Å². The van der Waals surface area contributed by atoms with Gasteiger partial charge in [0.05, 0.1) is 11.0 Å². The third-order valence-corrected chi connectivity index (χ3v) is 5.53. The van der Waals surface area contributed by atoms with Crippen molar-refractivity contribution in [1.82, 2.24) is 9.55 Å². The van der Waals surface area contributed by atoms with Crippen LogP contribution in [0.3, 0.4) is 0 Å². The first-order valence-corrected chi connectivity index (χ1v) is 10.7. The molecule has 3 aromatic carbocycles. The Bertz CT molecular complexity index is 1110. The van der Waals surface area contributed by atoms with Gasteiger partial charge in [0.1, 0.15) is 5.75 Å². The van der Waals surface area contributed by atoms with E-state index in [1.165, 1.54) is 11.1 Å².